The second-order valence-electron chi connectivity index (χ2n) is 8.79. The Morgan fingerprint density at radius 1 is 1.03 bits per heavy atom. The van der Waals surface area contributed by atoms with Gasteiger partial charge in [-0.2, -0.15) is 0 Å². The molecule has 4 heterocycles. The second kappa shape index (κ2) is 9.02. The highest BCUT2D eigenvalue weighted by Gasteiger charge is 2.25. The second-order valence-corrected chi connectivity index (χ2v) is 8.79. The molecule has 2 fully saturated rings. The Morgan fingerprint density at radius 3 is 2.71 bits per heavy atom. The van der Waals surface area contributed by atoms with Crippen LogP contribution >= 0.6 is 0 Å². The molecule has 10 heteroatoms. The highest BCUT2D eigenvalue weighted by molar-refractivity contribution is 5.87. The number of morpholine rings is 1. The van der Waals surface area contributed by atoms with Crippen molar-refractivity contribution in [3.8, 4) is 5.75 Å². The number of benzene rings is 1. The van der Waals surface area contributed by atoms with Gasteiger partial charge in [-0.1, -0.05) is 0 Å². The zero-order chi connectivity index (χ0) is 22.9. The SMILES string of the molecule is Fc1c[nH]c2ncnc(N[C@H]3CC[C@@H](Oc4cc(N5CCOCC5)cc5nccnc45)CC3)c12. The molecular formula is C24H26FN7O2. The van der Waals surface area contributed by atoms with Crippen molar-refractivity contribution >= 4 is 33.6 Å². The molecule has 176 valence electrons. The Labute approximate surface area is 195 Å². The first-order chi connectivity index (χ1) is 16.7. The van der Waals surface area contributed by atoms with Crippen LogP contribution in [0.15, 0.2) is 37.1 Å². The summed E-state index contributed by atoms with van der Waals surface area (Å²) in [5.74, 6) is 0.964. The lowest BCUT2D eigenvalue weighted by atomic mass is 9.93. The van der Waals surface area contributed by atoms with E-state index in [0.29, 0.717) is 16.9 Å². The molecule has 0 bridgehead atoms. The Bertz CT molecular complexity index is 1300. The number of ether oxygens (including phenoxy) is 2. The van der Waals surface area contributed by atoms with Crippen LogP contribution in [0.4, 0.5) is 15.9 Å². The van der Waals surface area contributed by atoms with E-state index in [1.807, 2.05) is 0 Å². The molecule has 0 radical (unpaired) electrons. The van der Waals surface area contributed by atoms with Crippen LogP contribution in [0, 0.1) is 5.82 Å². The standard InChI is InChI=1S/C24H26FN7O2/c25-18-13-28-23-21(18)24(30-14-29-23)31-15-1-3-17(4-2-15)34-20-12-16(32-7-9-33-10-8-32)11-19-22(20)27-6-5-26-19/h5-6,11-15,17H,1-4,7-10H2,(H2,28,29,30,31)/t15-,17+. The molecule has 34 heavy (non-hydrogen) atoms. The van der Waals surface area contributed by atoms with Crippen molar-refractivity contribution in [2.24, 2.45) is 0 Å². The maximum atomic E-state index is 14.2. The third-order valence-corrected chi connectivity index (χ3v) is 6.63. The number of aromatic amines is 1. The number of anilines is 2. The third kappa shape index (κ3) is 4.09. The fourth-order valence-corrected chi connectivity index (χ4v) is 4.86. The molecule has 1 saturated carbocycles. The van der Waals surface area contributed by atoms with E-state index in [9.17, 15) is 4.39 Å². The molecular weight excluding hydrogens is 437 g/mol. The van der Waals surface area contributed by atoms with Crippen LogP contribution in [0.25, 0.3) is 22.1 Å². The minimum atomic E-state index is -0.344. The fourth-order valence-electron chi connectivity index (χ4n) is 4.86. The fraction of sp³-hybridized carbons (Fsp3) is 0.417. The normalized spacial score (nSPS) is 21.1. The molecule has 6 rings (SSSR count). The number of hydrogen-bond donors (Lipinski definition) is 2. The predicted octanol–water partition coefficient (Wildman–Crippen LogP) is 3.68. The average molecular weight is 464 g/mol. The molecule has 2 aliphatic rings. The minimum Gasteiger partial charge on any atom is -0.488 e. The highest BCUT2D eigenvalue weighted by atomic mass is 19.1. The maximum Gasteiger partial charge on any atom is 0.153 e. The lowest BCUT2D eigenvalue weighted by molar-refractivity contribution is 0.122. The van der Waals surface area contributed by atoms with Crippen molar-refractivity contribution in [2.75, 3.05) is 36.5 Å². The first kappa shape index (κ1) is 21.0. The molecule has 0 atom stereocenters. The van der Waals surface area contributed by atoms with Gasteiger partial charge in [0.15, 0.2) is 5.82 Å². The van der Waals surface area contributed by atoms with Crippen LogP contribution in [0.2, 0.25) is 0 Å². The van der Waals surface area contributed by atoms with Gasteiger partial charge in [-0.05, 0) is 31.7 Å². The van der Waals surface area contributed by atoms with Gasteiger partial charge in [0, 0.05) is 49.5 Å². The molecule has 9 nitrogen and oxygen atoms in total. The van der Waals surface area contributed by atoms with Gasteiger partial charge >= 0.3 is 0 Å². The van der Waals surface area contributed by atoms with Crippen molar-refractivity contribution in [3.63, 3.8) is 0 Å². The average Bonchev–Trinajstić information content (AvgIpc) is 3.27. The number of halogens is 1. The topological polar surface area (TPSA) is 101 Å². The molecule has 1 saturated heterocycles. The quantitative estimate of drug-likeness (QED) is 0.462. The van der Waals surface area contributed by atoms with Crippen LogP contribution in [0.3, 0.4) is 0 Å². The van der Waals surface area contributed by atoms with Crippen molar-refractivity contribution in [1.29, 1.82) is 0 Å². The number of fused-ring (bicyclic) bond motifs is 2. The number of nitrogens with one attached hydrogen (secondary N) is 2. The van der Waals surface area contributed by atoms with Gasteiger partial charge in [0.1, 0.15) is 29.1 Å². The van der Waals surface area contributed by atoms with Crippen molar-refractivity contribution in [2.45, 2.75) is 37.8 Å². The maximum absolute atomic E-state index is 14.2. The van der Waals surface area contributed by atoms with E-state index < -0.39 is 0 Å². The number of rotatable bonds is 5. The van der Waals surface area contributed by atoms with Gasteiger partial charge < -0.3 is 24.7 Å². The largest absolute Gasteiger partial charge is 0.488 e. The predicted molar refractivity (Wildman–Crippen MR) is 127 cm³/mol. The van der Waals surface area contributed by atoms with Crippen LogP contribution < -0.4 is 15.0 Å². The summed E-state index contributed by atoms with van der Waals surface area (Å²) in [7, 11) is 0. The summed E-state index contributed by atoms with van der Waals surface area (Å²) in [6.07, 6.45) is 9.81. The van der Waals surface area contributed by atoms with Crippen LogP contribution in [-0.4, -0.2) is 63.4 Å². The van der Waals surface area contributed by atoms with E-state index in [0.717, 1.165) is 74.5 Å². The molecule has 0 amide bonds. The molecule has 0 spiro atoms. The van der Waals surface area contributed by atoms with Gasteiger partial charge in [0.05, 0.1) is 30.2 Å². The summed E-state index contributed by atoms with van der Waals surface area (Å²) in [6, 6.07) is 4.35. The summed E-state index contributed by atoms with van der Waals surface area (Å²) in [5.41, 5.74) is 3.20. The van der Waals surface area contributed by atoms with E-state index in [2.05, 4.69) is 47.3 Å². The Balaban J connectivity index is 1.16. The Kier molecular flexibility index (Phi) is 5.58. The number of nitrogens with zero attached hydrogens (tertiary/aromatic N) is 5. The van der Waals surface area contributed by atoms with Gasteiger partial charge in [0.25, 0.3) is 0 Å². The van der Waals surface area contributed by atoms with Gasteiger partial charge in [0.2, 0.25) is 0 Å². The molecule has 0 unspecified atom stereocenters. The number of H-pyrrole nitrogens is 1. The Morgan fingerprint density at radius 2 is 1.85 bits per heavy atom. The van der Waals surface area contributed by atoms with E-state index in [1.165, 1.54) is 12.5 Å². The van der Waals surface area contributed by atoms with E-state index in [1.54, 1.807) is 12.4 Å². The molecule has 2 N–H and O–H groups in total. The molecule has 3 aromatic heterocycles. The molecule has 1 aliphatic carbocycles. The van der Waals surface area contributed by atoms with Crippen molar-refractivity contribution < 1.29 is 13.9 Å². The Hall–Kier alpha value is -3.53. The summed E-state index contributed by atoms with van der Waals surface area (Å²) in [4.78, 5) is 22.6. The van der Waals surface area contributed by atoms with E-state index in [4.69, 9.17) is 9.47 Å². The monoisotopic (exact) mass is 463 g/mol. The summed E-state index contributed by atoms with van der Waals surface area (Å²) in [6.45, 7) is 3.13. The first-order valence-electron chi connectivity index (χ1n) is 11.7. The smallest absolute Gasteiger partial charge is 0.153 e. The lowest BCUT2D eigenvalue weighted by Crippen LogP contribution is -2.36. The minimum absolute atomic E-state index is 0.0811. The lowest BCUT2D eigenvalue weighted by Gasteiger charge is -2.31. The van der Waals surface area contributed by atoms with Gasteiger partial charge in [-0.3, -0.25) is 4.98 Å². The van der Waals surface area contributed by atoms with Gasteiger partial charge in [-0.25, -0.2) is 19.3 Å². The van der Waals surface area contributed by atoms with Gasteiger partial charge in [-0.15, -0.1) is 0 Å². The summed E-state index contributed by atoms with van der Waals surface area (Å²) < 4.78 is 26.2. The van der Waals surface area contributed by atoms with Crippen LogP contribution in [-0.2, 0) is 4.74 Å². The van der Waals surface area contributed by atoms with E-state index in [-0.39, 0.29) is 18.0 Å². The zero-order valence-electron chi connectivity index (χ0n) is 18.7. The summed E-state index contributed by atoms with van der Waals surface area (Å²) >= 11 is 0. The van der Waals surface area contributed by atoms with Crippen molar-refractivity contribution in [3.05, 3.63) is 42.9 Å². The first-order valence-corrected chi connectivity index (χ1v) is 11.7. The zero-order valence-corrected chi connectivity index (χ0v) is 18.7. The van der Waals surface area contributed by atoms with Crippen LogP contribution in [0.1, 0.15) is 25.7 Å². The van der Waals surface area contributed by atoms with Crippen LogP contribution in [0.5, 0.6) is 5.75 Å². The number of aromatic nitrogens is 5. The molecule has 4 aromatic rings. The number of hydrogen-bond acceptors (Lipinski definition) is 8. The van der Waals surface area contributed by atoms with Crippen molar-refractivity contribution in [1.82, 2.24) is 24.9 Å². The third-order valence-electron chi connectivity index (χ3n) is 6.63. The highest BCUT2D eigenvalue weighted by Crippen LogP contribution is 2.33. The van der Waals surface area contributed by atoms with E-state index >= 15 is 0 Å². The molecule has 1 aromatic carbocycles. The molecule has 1 aliphatic heterocycles. The summed E-state index contributed by atoms with van der Waals surface area (Å²) in [5, 5.41) is 3.82.